The molecule has 0 rings (SSSR count). The van der Waals surface area contributed by atoms with Crippen LogP contribution in [-0.4, -0.2) is 30.3 Å². The third-order valence-corrected chi connectivity index (χ3v) is 1.83. The van der Waals surface area contributed by atoms with Gasteiger partial charge in [0.1, 0.15) is 0 Å². The highest BCUT2D eigenvalue weighted by Crippen LogP contribution is 2.31. The monoisotopic (exact) mass is 227 g/mol. The van der Waals surface area contributed by atoms with Gasteiger partial charge in [0.05, 0.1) is 6.61 Å². The van der Waals surface area contributed by atoms with Gasteiger partial charge < -0.3 is 4.74 Å². The van der Waals surface area contributed by atoms with E-state index in [9.17, 15) is 18.0 Å². The van der Waals surface area contributed by atoms with Crippen molar-refractivity contribution in [3.8, 4) is 0 Å². The van der Waals surface area contributed by atoms with E-state index in [0.29, 0.717) is 0 Å². The number of rotatable bonds is 4. The van der Waals surface area contributed by atoms with Crippen LogP contribution in [0.15, 0.2) is 0 Å². The quantitative estimate of drug-likeness (QED) is 0.745. The van der Waals surface area contributed by atoms with Crippen molar-refractivity contribution < 1.29 is 22.7 Å². The molecule has 0 saturated heterocycles. The Balaban J connectivity index is 4.94. The molecule has 1 atom stereocenters. The van der Waals surface area contributed by atoms with Gasteiger partial charge in [-0.1, -0.05) is 0 Å². The van der Waals surface area contributed by atoms with Gasteiger partial charge in [-0.05, 0) is 27.7 Å². The van der Waals surface area contributed by atoms with E-state index >= 15 is 0 Å². The Kier molecular flexibility index (Phi) is 4.58. The van der Waals surface area contributed by atoms with Crippen LogP contribution < -0.4 is 5.32 Å². The molecule has 0 amide bonds. The summed E-state index contributed by atoms with van der Waals surface area (Å²) < 4.78 is 42.4. The highest BCUT2D eigenvalue weighted by atomic mass is 19.4. The van der Waals surface area contributed by atoms with Gasteiger partial charge in [0.2, 0.25) is 5.54 Å². The Morgan fingerprint density at radius 2 is 1.87 bits per heavy atom. The van der Waals surface area contributed by atoms with Crippen molar-refractivity contribution in [2.75, 3.05) is 6.61 Å². The number of carbonyl (C=O) groups excluding carboxylic acids is 1. The van der Waals surface area contributed by atoms with Crippen molar-refractivity contribution in [1.82, 2.24) is 5.32 Å². The second kappa shape index (κ2) is 4.83. The molecule has 3 nitrogen and oxygen atoms in total. The van der Waals surface area contributed by atoms with Crippen molar-refractivity contribution in [3.63, 3.8) is 0 Å². The van der Waals surface area contributed by atoms with Crippen molar-refractivity contribution >= 4 is 5.97 Å². The van der Waals surface area contributed by atoms with Gasteiger partial charge in [-0.25, -0.2) is 4.79 Å². The summed E-state index contributed by atoms with van der Waals surface area (Å²) in [7, 11) is 0. The van der Waals surface area contributed by atoms with Crippen LogP contribution in [0.3, 0.4) is 0 Å². The molecular weight excluding hydrogens is 211 g/mol. The lowest BCUT2D eigenvalue weighted by atomic mass is 10.0. The topological polar surface area (TPSA) is 38.3 Å². The van der Waals surface area contributed by atoms with Gasteiger partial charge >= 0.3 is 12.1 Å². The Bertz CT molecular complexity index is 228. The number of hydrogen-bond acceptors (Lipinski definition) is 3. The standard InChI is InChI=1S/C9H16F3NO2/c1-5-15-7(14)8(4,9(10,11)12)13-6(2)3/h6,13H,5H2,1-4H3. The van der Waals surface area contributed by atoms with Crippen molar-refractivity contribution in [2.24, 2.45) is 0 Å². The maximum absolute atomic E-state index is 12.7. The minimum atomic E-state index is -4.68. The highest BCUT2D eigenvalue weighted by Gasteiger charge is 2.58. The van der Waals surface area contributed by atoms with Crippen molar-refractivity contribution in [2.45, 2.75) is 45.5 Å². The fraction of sp³-hybridized carbons (Fsp3) is 0.889. The van der Waals surface area contributed by atoms with Crippen LogP contribution in [-0.2, 0) is 9.53 Å². The second-order valence-electron chi connectivity index (χ2n) is 3.64. The molecule has 0 bridgehead atoms. The lowest BCUT2D eigenvalue weighted by Gasteiger charge is -2.32. The maximum atomic E-state index is 12.7. The van der Waals surface area contributed by atoms with Crippen LogP contribution in [0.4, 0.5) is 13.2 Å². The number of esters is 1. The van der Waals surface area contributed by atoms with Crippen LogP contribution in [0.5, 0.6) is 0 Å². The molecule has 0 aromatic rings. The maximum Gasteiger partial charge on any atom is 0.417 e. The molecule has 0 aromatic carbocycles. The number of alkyl halides is 3. The third kappa shape index (κ3) is 3.37. The predicted molar refractivity (Wildman–Crippen MR) is 49.4 cm³/mol. The molecule has 0 aliphatic rings. The molecule has 90 valence electrons. The molecule has 0 spiro atoms. The summed E-state index contributed by atoms with van der Waals surface area (Å²) >= 11 is 0. The van der Waals surface area contributed by atoms with E-state index in [-0.39, 0.29) is 6.61 Å². The first-order valence-electron chi connectivity index (χ1n) is 4.66. The third-order valence-electron chi connectivity index (χ3n) is 1.83. The van der Waals surface area contributed by atoms with Gasteiger partial charge in [-0.3, -0.25) is 5.32 Å². The van der Waals surface area contributed by atoms with E-state index in [0.717, 1.165) is 6.92 Å². The number of nitrogens with one attached hydrogen (secondary N) is 1. The largest absolute Gasteiger partial charge is 0.464 e. The molecular formula is C9H16F3NO2. The van der Waals surface area contributed by atoms with E-state index in [1.165, 1.54) is 20.8 Å². The molecule has 1 unspecified atom stereocenters. The van der Waals surface area contributed by atoms with E-state index < -0.39 is 23.7 Å². The molecule has 6 heteroatoms. The summed E-state index contributed by atoms with van der Waals surface area (Å²) in [5, 5.41) is 2.18. The summed E-state index contributed by atoms with van der Waals surface area (Å²) in [5.74, 6) is -1.30. The molecule has 0 aliphatic heterocycles. The summed E-state index contributed by atoms with van der Waals surface area (Å²) in [6, 6.07) is -0.471. The molecule has 0 heterocycles. The molecule has 0 aromatic heterocycles. The Morgan fingerprint density at radius 1 is 1.40 bits per heavy atom. The Morgan fingerprint density at radius 3 is 2.13 bits per heavy atom. The summed E-state index contributed by atoms with van der Waals surface area (Å²) in [6.45, 7) is 5.23. The Hall–Kier alpha value is -0.780. The fourth-order valence-corrected chi connectivity index (χ4v) is 1.11. The first kappa shape index (κ1) is 14.2. The summed E-state index contributed by atoms with van der Waals surface area (Å²) in [5.41, 5.74) is -2.64. The van der Waals surface area contributed by atoms with Crippen LogP contribution >= 0.6 is 0 Å². The van der Waals surface area contributed by atoms with E-state index in [2.05, 4.69) is 10.1 Å². The number of halogens is 3. The number of ether oxygens (including phenoxy) is 1. The van der Waals surface area contributed by atoms with Gasteiger partial charge in [0.15, 0.2) is 0 Å². The average molecular weight is 227 g/mol. The normalized spacial score (nSPS) is 16.3. The number of carbonyl (C=O) groups is 1. The first-order chi connectivity index (χ1) is 6.65. The van der Waals surface area contributed by atoms with Gasteiger partial charge in [0, 0.05) is 6.04 Å². The SMILES string of the molecule is CCOC(=O)C(C)(NC(C)C)C(F)(F)F. The molecule has 0 aliphatic carbocycles. The van der Waals surface area contributed by atoms with Crippen LogP contribution in [0.1, 0.15) is 27.7 Å². The minimum Gasteiger partial charge on any atom is -0.464 e. The van der Waals surface area contributed by atoms with Crippen LogP contribution in [0.25, 0.3) is 0 Å². The van der Waals surface area contributed by atoms with Crippen molar-refractivity contribution in [3.05, 3.63) is 0 Å². The fourth-order valence-electron chi connectivity index (χ4n) is 1.11. The lowest BCUT2D eigenvalue weighted by Crippen LogP contribution is -2.62. The highest BCUT2D eigenvalue weighted by molar-refractivity contribution is 5.81. The van der Waals surface area contributed by atoms with Gasteiger partial charge in [-0.15, -0.1) is 0 Å². The molecule has 15 heavy (non-hydrogen) atoms. The average Bonchev–Trinajstić information content (AvgIpc) is 2.01. The molecule has 0 fully saturated rings. The molecule has 0 saturated carbocycles. The van der Waals surface area contributed by atoms with Gasteiger partial charge in [-0.2, -0.15) is 13.2 Å². The number of hydrogen-bond donors (Lipinski definition) is 1. The zero-order chi connectivity index (χ0) is 12.3. The van der Waals surface area contributed by atoms with Gasteiger partial charge in [0.25, 0.3) is 0 Å². The lowest BCUT2D eigenvalue weighted by molar-refractivity contribution is -0.210. The molecule has 0 radical (unpaired) electrons. The predicted octanol–water partition coefficient (Wildman–Crippen LogP) is 1.87. The zero-order valence-corrected chi connectivity index (χ0v) is 9.23. The second-order valence-corrected chi connectivity index (χ2v) is 3.64. The van der Waals surface area contributed by atoms with Crippen LogP contribution in [0.2, 0.25) is 0 Å². The van der Waals surface area contributed by atoms with E-state index in [4.69, 9.17) is 0 Å². The van der Waals surface area contributed by atoms with E-state index in [1.54, 1.807) is 0 Å². The first-order valence-corrected chi connectivity index (χ1v) is 4.66. The summed E-state index contributed by atoms with van der Waals surface area (Å²) in [6.07, 6.45) is -4.68. The molecule has 1 N–H and O–H groups in total. The smallest absolute Gasteiger partial charge is 0.417 e. The Labute approximate surface area is 87.0 Å². The van der Waals surface area contributed by atoms with Crippen molar-refractivity contribution in [1.29, 1.82) is 0 Å². The van der Waals surface area contributed by atoms with E-state index in [1.807, 2.05) is 0 Å². The van der Waals surface area contributed by atoms with Crippen LogP contribution in [0, 0.1) is 0 Å². The minimum absolute atomic E-state index is 0.0791. The zero-order valence-electron chi connectivity index (χ0n) is 9.23. The summed E-state index contributed by atoms with van der Waals surface area (Å²) in [4.78, 5) is 11.2.